The number of hydrogen-bond donors (Lipinski definition) is 1. The van der Waals surface area contributed by atoms with Crippen LogP contribution in [0.1, 0.15) is 17.3 Å². The number of halogens is 2. The van der Waals surface area contributed by atoms with E-state index in [4.69, 9.17) is 14.2 Å². The standard InChI is InChI=1S/C24H21F2NO5/c1-16(23(28)27-21-15-17(25)11-12-20(21)26)32-24(29)19-9-5-6-10-22(19)31-14-13-30-18-7-3-2-4-8-18/h2-12,15-16H,13-14H2,1H3,(H,27,28). The molecule has 3 aromatic rings. The third-order valence-electron chi connectivity index (χ3n) is 4.30. The lowest BCUT2D eigenvalue weighted by atomic mass is 10.2. The van der Waals surface area contributed by atoms with Crippen LogP contribution in [-0.2, 0) is 9.53 Å². The van der Waals surface area contributed by atoms with Gasteiger partial charge in [-0.1, -0.05) is 30.3 Å². The molecule has 3 aromatic carbocycles. The van der Waals surface area contributed by atoms with Crippen molar-refractivity contribution in [1.29, 1.82) is 0 Å². The van der Waals surface area contributed by atoms with Gasteiger partial charge in [-0.25, -0.2) is 13.6 Å². The fourth-order valence-corrected chi connectivity index (χ4v) is 2.69. The van der Waals surface area contributed by atoms with Crippen LogP contribution in [0.2, 0.25) is 0 Å². The normalized spacial score (nSPS) is 11.3. The third-order valence-corrected chi connectivity index (χ3v) is 4.30. The van der Waals surface area contributed by atoms with Gasteiger partial charge in [-0.2, -0.15) is 0 Å². The molecule has 0 spiro atoms. The Hall–Kier alpha value is -3.94. The maximum absolute atomic E-state index is 13.7. The molecule has 32 heavy (non-hydrogen) atoms. The van der Waals surface area contributed by atoms with Crippen molar-refractivity contribution in [3.63, 3.8) is 0 Å². The van der Waals surface area contributed by atoms with Gasteiger partial charge in [-0.3, -0.25) is 4.79 Å². The van der Waals surface area contributed by atoms with E-state index in [1.807, 2.05) is 30.3 Å². The monoisotopic (exact) mass is 441 g/mol. The molecule has 0 saturated carbocycles. The molecule has 1 N–H and O–H groups in total. The average molecular weight is 441 g/mol. The van der Waals surface area contributed by atoms with Crippen molar-refractivity contribution in [2.75, 3.05) is 18.5 Å². The molecule has 8 heteroatoms. The molecule has 0 aliphatic rings. The van der Waals surface area contributed by atoms with Crippen molar-refractivity contribution in [3.8, 4) is 11.5 Å². The van der Waals surface area contributed by atoms with E-state index in [0.29, 0.717) is 5.75 Å². The lowest BCUT2D eigenvalue weighted by Crippen LogP contribution is -2.30. The molecule has 0 aromatic heterocycles. The van der Waals surface area contributed by atoms with E-state index in [2.05, 4.69) is 5.32 Å². The van der Waals surface area contributed by atoms with Crippen molar-refractivity contribution in [1.82, 2.24) is 0 Å². The molecule has 0 radical (unpaired) electrons. The fraction of sp³-hybridized carbons (Fsp3) is 0.167. The third kappa shape index (κ3) is 6.28. The summed E-state index contributed by atoms with van der Waals surface area (Å²) in [6, 6.07) is 18.2. The minimum absolute atomic E-state index is 0.115. The Kier molecular flexibility index (Phi) is 7.75. The van der Waals surface area contributed by atoms with Crippen LogP contribution in [0, 0.1) is 11.6 Å². The highest BCUT2D eigenvalue weighted by Gasteiger charge is 2.22. The number of amides is 1. The Morgan fingerprint density at radius 1 is 0.906 bits per heavy atom. The smallest absolute Gasteiger partial charge is 0.342 e. The van der Waals surface area contributed by atoms with E-state index in [9.17, 15) is 18.4 Å². The molecule has 3 rings (SSSR count). The minimum atomic E-state index is -1.26. The van der Waals surface area contributed by atoms with Crippen molar-refractivity contribution in [2.24, 2.45) is 0 Å². The van der Waals surface area contributed by atoms with Crippen molar-refractivity contribution in [2.45, 2.75) is 13.0 Å². The molecule has 6 nitrogen and oxygen atoms in total. The van der Waals surface area contributed by atoms with Gasteiger partial charge < -0.3 is 19.5 Å². The Morgan fingerprint density at radius 3 is 2.38 bits per heavy atom. The number of nitrogens with one attached hydrogen (secondary N) is 1. The number of anilines is 1. The van der Waals surface area contributed by atoms with E-state index in [1.54, 1.807) is 18.2 Å². The number of ether oxygens (including phenoxy) is 3. The molecule has 1 unspecified atom stereocenters. The van der Waals surface area contributed by atoms with Gasteiger partial charge in [0.2, 0.25) is 0 Å². The molecular formula is C24H21F2NO5. The van der Waals surface area contributed by atoms with Crippen molar-refractivity contribution >= 4 is 17.6 Å². The summed E-state index contributed by atoms with van der Waals surface area (Å²) in [6.07, 6.45) is -1.26. The van der Waals surface area contributed by atoms with E-state index < -0.39 is 29.6 Å². The summed E-state index contributed by atoms with van der Waals surface area (Å²) in [6.45, 7) is 1.75. The van der Waals surface area contributed by atoms with Crippen LogP contribution < -0.4 is 14.8 Å². The van der Waals surface area contributed by atoms with E-state index >= 15 is 0 Å². The summed E-state index contributed by atoms with van der Waals surface area (Å²) in [5, 5.41) is 2.20. The average Bonchev–Trinajstić information content (AvgIpc) is 2.80. The van der Waals surface area contributed by atoms with E-state index in [0.717, 1.165) is 18.2 Å². The number of hydrogen-bond acceptors (Lipinski definition) is 5. The fourth-order valence-electron chi connectivity index (χ4n) is 2.69. The van der Waals surface area contributed by atoms with E-state index in [-0.39, 0.29) is 30.2 Å². The highest BCUT2D eigenvalue weighted by molar-refractivity contribution is 5.98. The maximum Gasteiger partial charge on any atom is 0.342 e. The number of para-hydroxylation sites is 2. The predicted octanol–water partition coefficient (Wildman–Crippen LogP) is 4.61. The first-order valence-electron chi connectivity index (χ1n) is 9.80. The molecular weight excluding hydrogens is 420 g/mol. The van der Waals surface area contributed by atoms with Crippen LogP contribution in [0.15, 0.2) is 72.8 Å². The van der Waals surface area contributed by atoms with Crippen LogP contribution >= 0.6 is 0 Å². The number of carbonyl (C=O) groups is 2. The molecule has 0 saturated heterocycles. The molecule has 0 aliphatic heterocycles. The highest BCUT2D eigenvalue weighted by atomic mass is 19.1. The number of carbonyl (C=O) groups excluding carboxylic acids is 2. The Morgan fingerprint density at radius 2 is 1.59 bits per heavy atom. The van der Waals surface area contributed by atoms with Crippen molar-refractivity contribution in [3.05, 3.63) is 90.0 Å². The number of rotatable bonds is 9. The topological polar surface area (TPSA) is 73.9 Å². The summed E-state index contributed by atoms with van der Waals surface area (Å²) in [4.78, 5) is 24.8. The van der Waals surface area contributed by atoms with Crippen LogP contribution in [0.5, 0.6) is 11.5 Å². The summed E-state index contributed by atoms with van der Waals surface area (Å²) < 4.78 is 43.3. The summed E-state index contributed by atoms with van der Waals surface area (Å²) in [5.74, 6) is -2.18. The van der Waals surface area contributed by atoms with Crippen LogP contribution in [-0.4, -0.2) is 31.2 Å². The largest absolute Gasteiger partial charge is 0.490 e. The summed E-state index contributed by atoms with van der Waals surface area (Å²) >= 11 is 0. The summed E-state index contributed by atoms with van der Waals surface area (Å²) in [7, 11) is 0. The molecule has 0 fully saturated rings. The quantitative estimate of drug-likeness (QED) is 0.388. The zero-order valence-corrected chi connectivity index (χ0v) is 17.2. The first-order valence-corrected chi connectivity index (χ1v) is 9.80. The summed E-state index contributed by atoms with van der Waals surface area (Å²) in [5.41, 5.74) is -0.233. The molecule has 0 heterocycles. The first-order chi connectivity index (χ1) is 15.4. The molecule has 1 amide bonds. The predicted molar refractivity (Wildman–Crippen MR) is 114 cm³/mol. The van der Waals surface area contributed by atoms with Crippen LogP contribution in [0.4, 0.5) is 14.5 Å². The lowest BCUT2D eigenvalue weighted by molar-refractivity contribution is -0.123. The Balaban J connectivity index is 1.56. The second-order valence-electron chi connectivity index (χ2n) is 6.67. The number of esters is 1. The molecule has 166 valence electrons. The lowest BCUT2D eigenvalue weighted by Gasteiger charge is -2.16. The van der Waals surface area contributed by atoms with Gasteiger partial charge in [0.25, 0.3) is 5.91 Å². The van der Waals surface area contributed by atoms with Gasteiger partial charge in [-0.15, -0.1) is 0 Å². The Labute approximate surface area is 183 Å². The maximum atomic E-state index is 13.7. The molecule has 0 aliphatic carbocycles. The molecule has 0 bridgehead atoms. The number of benzene rings is 3. The van der Waals surface area contributed by atoms with Crippen LogP contribution in [0.3, 0.4) is 0 Å². The zero-order valence-electron chi connectivity index (χ0n) is 17.2. The first kappa shape index (κ1) is 22.7. The highest BCUT2D eigenvalue weighted by Crippen LogP contribution is 2.21. The minimum Gasteiger partial charge on any atom is -0.490 e. The van der Waals surface area contributed by atoms with Gasteiger partial charge in [0.15, 0.2) is 6.10 Å². The second-order valence-corrected chi connectivity index (χ2v) is 6.67. The zero-order chi connectivity index (χ0) is 22.9. The SMILES string of the molecule is CC(OC(=O)c1ccccc1OCCOc1ccccc1)C(=O)Nc1cc(F)ccc1F. The van der Waals surface area contributed by atoms with Gasteiger partial charge >= 0.3 is 5.97 Å². The van der Waals surface area contributed by atoms with E-state index in [1.165, 1.54) is 13.0 Å². The van der Waals surface area contributed by atoms with Gasteiger partial charge in [0.05, 0.1) is 5.69 Å². The van der Waals surface area contributed by atoms with Gasteiger partial charge in [0, 0.05) is 6.07 Å². The Bertz CT molecular complexity index is 1070. The van der Waals surface area contributed by atoms with Gasteiger partial charge in [-0.05, 0) is 43.3 Å². The molecule has 1 atom stereocenters. The van der Waals surface area contributed by atoms with Crippen LogP contribution in [0.25, 0.3) is 0 Å². The second kappa shape index (κ2) is 10.9. The van der Waals surface area contributed by atoms with Gasteiger partial charge in [0.1, 0.15) is 41.9 Å². The van der Waals surface area contributed by atoms with Crippen molar-refractivity contribution < 1.29 is 32.6 Å².